The number of carbonyl (C=O) groups excluding carboxylic acids is 1. The Morgan fingerprint density at radius 3 is 2.50 bits per heavy atom. The first kappa shape index (κ1) is 21.4. The van der Waals surface area contributed by atoms with E-state index < -0.39 is 4.92 Å². The summed E-state index contributed by atoms with van der Waals surface area (Å²) in [6, 6.07) is 19.4. The topological polar surface area (TPSA) is 102 Å². The normalized spacial score (nSPS) is 13.8. The fourth-order valence-electron chi connectivity index (χ4n) is 3.97. The number of hydrogen-bond acceptors (Lipinski definition) is 7. The van der Waals surface area contributed by atoms with Crippen molar-refractivity contribution in [1.29, 1.82) is 0 Å². The summed E-state index contributed by atoms with van der Waals surface area (Å²) in [6.07, 6.45) is 1.50. The fraction of sp³-hybridized carbons (Fsp3) is 0.200. The molecule has 1 aliphatic rings. The Labute approximate surface area is 195 Å². The van der Waals surface area contributed by atoms with Crippen LogP contribution in [0.2, 0.25) is 0 Å². The second-order valence-electron chi connectivity index (χ2n) is 7.97. The third-order valence-electron chi connectivity index (χ3n) is 5.83. The first-order chi connectivity index (χ1) is 16.6. The summed E-state index contributed by atoms with van der Waals surface area (Å²) in [4.78, 5) is 31.7. The van der Waals surface area contributed by atoms with Gasteiger partial charge in [-0.05, 0) is 48.0 Å². The zero-order valence-corrected chi connectivity index (χ0v) is 18.3. The number of nitrogens with zero attached hydrogens (tertiary/aromatic N) is 4. The first-order valence-corrected chi connectivity index (χ1v) is 10.9. The van der Waals surface area contributed by atoms with E-state index in [9.17, 15) is 14.9 Å². The molecule has 9 nitrogen and oxygen atoms in total. The van der Waals surface area contributed by atoms with Crippen molar-refractivity contribution < 1.29 is 18.9 Å². The molecule has 1 fully saturated rings. The second kappa shape index (κ2) is 9.22. The molecule has 5 rings (SSSR count). The molecular weight excluding hydrogens is 436 g/mol. The number of aromatic nitrogens is 1. The van der Waals surface area contributed by atoms with Crippen LogP contribution in [-0.2, 0) is 6.61 Å². The Kier molecular flexibility index (Phi) is 5.82. The molecular formula is C25H22N4O5. The van der Waals surface area contributed by atoms with Crippen LogP contribution in [0.25, 0.3) is 10.9 Å². The summed E-state index contributed by atoms with van der Waals surface area (Å²) in [7, 11) is 0. The summed E-state index contributed by atoms with van der Waals surface area (Å²) in [5.74, 6) is 1.72. The molecule has 0 N–H and O–H groups in total. The standard InChI is InChI=1S/C25H22N4O5/c30-25(22-5-2-16-33-22)28-14-12-27(13-15-28)23-11-8-19-3-1-4-21(24(19)26-23)34-17-18-6-9-20(10-7-18)29(31)32/h1-11,16H,12-15,17H2. The Hall–Kier alpha value is -4.40. The van der Waals surface area contributed by atoms with Gasteiger partial charge in [0.15, 0.2) is 5.76 Å². The van der Waals surface area contributed by atoms with E-state index in [4.69, 9.17) is 14.1 Å². The van der Waals surface area contributed by atoms with E-state index >= 15 is 0 Å². The van der Waals surface area contributed by atoms with Crippen molar-refractivity contribution in [2.75, 3.05) is 31.1 Å². The van der Waals surface area contributed by atoms with Gasteiger partial charge in [0.2, 0.25) is 0 Å². The zero-order chi connectivity index (χ0) is 23.5. The van der Waals surface area contributed by atoms with Gasteiger partial charge < -0.3 is 19.0 Å². The van der Waals surface area contributed by atoms with Gasteiger partial charge in [0.25, 0.3) is 11.6 Å². The monoisotopic (exact) mass is 458 g/mol. The quantitative estimate of drug-likeness (QED) is 0.314. The third kappa shape index (κ3) is 4.40. The maximum atomic E-state index is 12.5. The first-order valence-electron chi connectivity index (χ1n) is 10.9. The Morgan fingerprint density at radius 1 is 1.00 bits per heavy atom. The van der Waals surface area contributed by atoms with Gasteiger partial charge in [0, 0.05) is 43.7 Å². The number of nitro groups is 1. The van der Waals surface area contributed by atoms with Crippen molar-refractivity contribution in [3.63, 3.8) is 0 Å². The van der Waals surface area contributed by atoms with E-state index in [0.29, 0.717) is 37.7 Å². The summed E-state index contributed by atoms with van der Waals surface area (Å²) < 4.78 is 11.3. The molecule has 0 unspecified atom stereocenters. The van der Waals surface area contributed by atoms with Crippen molar-refractivity contribution in [3.05, 3.63) is 94.4 Å². The third-order valence-corrected chi connectivity index (χ3v) is 5.83. The highest BCUT2D eigenvalue weighted by atomic mass is 16.6. The molecule has 3 heterocycles. The number of ether oxygens (including phenoxy) is 1. The van der Waals surface area contributed by atoms with E-state index in [1.165, 1.54) is 18.4 Å². The minimum absolute atomic E-state index is 0.0474. The van der Waals surface area contributed by atoms with Crippen molar-refractivity contribution in [2.24, 2.45) is 0 Å². The van der Waals surface area contributed by atoms with Crippen molar-refractivity contribution >= 4 is 28.3 Å². The number of anilines is 1. The van der Waals surface area contributed by atoms with Crippen LogP contribution >= 0.6 is 0 Å². The van der Waals surface area contributed by atoms with Crippen molar-refractivity contribution in [2.45, 2.75) is 6.61 Å². The number of piperazine rings is 1. The number of nitro benzene ring substituents is 1. The molecule has 4 aromatic rings. The molecule has 1 saturated heterocycles. The van der Waals surface area contributed by atoms with E-state index in [2.05, 4.69) is 4.90 Å². The molecule has 1 amide bonds. The van der Waals surface area contributed by atoms with Gasteiger partial charge in [-0.2, -0.15) is 0 Å². The molecule has 2 aromatic heterocycles. The highest BCUT2D eigenvalue weighted by Crippen LogP contribution is 2.28. The van der Waals surface area contributed by atoms with Crippen LogP contribution in [0.4, 0.5) is 11.5 Å². The molecule has 1 aliphatic heterocycles. The summed E-state index contributed by atoms with van der Waals surface area (Å²) in [5, 5.41) is 11.8. The molecule has 0 spiro atoms. The minimum Gasteiger partial charge on any atom is -0.487 e. The lowest BCUT2D eigenvalue weighted by atomic mass is 10.2. The lowest BCUT2D eigenvalue weighted by Crippen LogP contribution is -2.49. The van der Waals surface area contributed by atoms with Crippen LogP contribution in [-0.4, -0.2) is 46.9 Å². The number of rotatable bonds is 6. The zero-order valence-electron chi connectivity index (χ0n) is 18.3. The summed E-state index contributed by atoms with van der Waals surface area (Å²) in [5.41, 5.74) is 1.62. The van der Waals surface area contributed by atoms with Crippen LogP contribution in [0.15, 0.2) is 77.4 Å². The van der Waals surface area contributed by atoms with Crippen molar-refractivity contribution in [1.82, 2.24) is 9.88 Å². The average molecular weight is 458 g/mol. The maximum absolute atomic E-state index is 12.5. The summed E-state index contributed by atoms with van der Waals surface area (Å²) in [6.45, 7) is 2.76. The van der Waals surface area contributed by atoms with E-state index in [1.54, 1.807) is 29.2 Å². The number of hydrogen-bond donors (Lipinski definition) is 0. The van der Waals surface area contributed by atoms with Crippen molar-refractivity contribution in [3.8, 4) is 5.75 Å². The number of amides is 1. The fourth-order valence-corrected chi connectivity index (χ4v) is 3.97. The van der Waals surface area contributed by atoms with Gasteiger partial charge in [-0.3, -0.25) is 14.9 Å². The molecule has 0 aliphatic carbocycles. The van der Waals surface area contributed by atoms with Gasteiger partial charge in [0.1, 0.15) is 23.7 Å². The molecule has 0 saturated carbocycles. The molecule has 172 valence electrons. The number of non-ortho nitro benzene ring substituents is 1. The number of furan rings is 1. The highest BCUT2D eigenvalue weighted by molar-refractivity contribution is 5.91. The van der Waals surface area contributed by atoms with Gasteiger partial charge >= 0.3 is 0 Å². The van der Waals surface area contributed by atoms with Crippen LogP contribution < -0.4 is 9.64 Å². The smallest absolute Gasteiger partial charge is 0.289 e. The van der Waals surface area contributed by atoms with Gasteiger partial charge in [0.05, 0.1) is 11.2 Å². The molecule has 0 bridgehead atoms. The van der Waals surface area contributed by atoms with Crippen LogP contribution in [0.1, 0.15) is 16.1 Å². The lowest BCUT2D eigenvalue weighted by Gasteiger charge is -2.35. The highest BCUT2D eigenvalue weighted by Gasteiger charge is 2.24. The number of para-hydroxylation sites is 1. The molecule has 2 aromatic carbocycles. The van der Waals surface area contributed by atoms with E-state index in [1.807, 2.05) is 30.3 Å². The van der Waals surface area contributed by atoms with E-state index in [-0.39, 0.29) is 18.2 Å². The Morgan fingerprint density at radius 2 is 1.79 bits per heavy atom. The lowest BCUT2D eigenvalue weighted by molar-refractivity contribution is -0.384. The molecule has 0 radical (unpaired) electrons. The van der Waals surface area contributed by atoms with Crippen LogP contribution in [0.3, 0.4) is 0 Å². The SMILES string of the molecule is O=C(c1ccco1)N1CCN(c2ccc3cccc(OCc4ccc([N+](=O)[O-])cc4)c3n2)CC1. The second-order valence-corrected chi connectivity index (χ2v) is 7.97. The predicted octanol–water partition coefficient (Wildman–Crippen LogP) is 4.28. The molecule has 9 heteroatoms. The number of benzene rings is 2. The van der Waals surface area contributed by atoms with E-state index in [0.717, 1.165) is 22.3 Å². The predicted molar refractivity (Wildman–Crippen MR) is 126 cm³/mol. The number of fused-ring (bicyclic) bond motifs is 1. The maximum Gasteiger partial charge on any atom is 0.289 e. The van der Waals surface area contributed by atoms with Gasteiger partial charge in [-0.25, -0.2) is 4.98 Å². The number of carbonyl (C=O) groups is 1. The summed E-state index contributed by atoms with van der Waals surface area (Å²) >= 11 is 0. The van der Waals surface area contributed by atoms with Gasteiger partial charge in [-0.15, -0.1) is 0 Å². The molecule has 34 heavy (non-hydrogen) atoms. The Bertz CT molecular complexity index is 1310. The average Bonchev–Trinajstić information content (AvgIpc) is 3.42. The van der Waals surface area contributed by atoms with Crippen LogP contribution in [0.5, 0.6) is 5.75 Å². The number of pyridine rings is 1. The van der Waals surface area contributed by atoms with Crippen LogP contribution in [0, 0.1) is 10.1 Å². The molecule has 0 atom stereocenters. The van der Waals surface area contributed by atoms with Gasteiger partial charge in [-0.1, -0.05) is 12.1 Å². The largest absolute Gasteiger partial charge is 0.487 e. The Balaban J connectivity index is 1.29. The minimum atomic E-state index is -0.423.